The number of halogens is 2. The van der Waals surface area contributed by atoms with Crippen LogP contribution in [0, 0.1) is 0 Å². The molecule has 26 heavy (non-hydrogen) atoms. The fraction of sp³-hybridized carbons (Fsp3) is 0.111. The van der Waals surface area contributed by atoms with Gasteiger partial charge in [-0.05, 0) is 42.0 Å². The first-order valence-corrected chi connectivity index (χ1v) is 9.28. The Bertz CT molecular complexity index is 880. The maximum atomic E-state index is 12.3. The summed E-state index contributed by atoms with van der Waals surface area (Å²) >= 11 is 12.8. The van der Waals surface area contributed by atoms with Crippen LogP contribution in [0.1, 0.15) is 22.3 Å². The van der Waals surface area contributed by atoms with E-state index in [0.29, 0.717) is 20.8 Å². The Hall–Kier alpha value is -2.15. The quantitative estimate of drug-likeness (QED) is 0.460. The van der Waals surface area contributed by atoms with Crippen molar-refractivity contribution in [1.82, 2.24) is 5.32 Å². The van der Waals surface area contributed by atoms with Gasteiger partial charge in [0.1, 0.15) is 0 Å². The topological polar surface area (TPSA) is 70.9 Å². The average Bonchev–Trinajstić information content (AvgIpc) is 2.97. The van der Waals surface area contributed by atoms with Crippen LogP contribution in [0.4, 0.5) is 0 Å². The van der Waals surface area contributed by atoms with E-state index in [1.807, 2.05) is 0 Å². The van der Waals surface area contributed by atoms with Crippen LogP contribution >= 0.6 is 35.0 Å². The minimum absolute atomic E-state index is 0.0814. The molecule has 1 heterocycles. The highest BCUT2D eigenvalue weighted by molar-refractivity contribution is 8.15. The molecule has 1 fully saturated rings. The van der Waals surface area contributed by atoms with Crippen molar-refractivity contribution < 1.29 is 9.59 Å². The van der Waals surface area contributed by atoms with Gasteiger partial charge in [-0.2, -0.15) is 5.10 Å². The molecule has 1 aliphatic heterocycles. The zero-order valence-corrected chi connectivity index (χ0v) is 15.7. The van der Waals surface area contributed by atoms with Gasteiger partial charge in [0.05, 0.1) is 11.5 Å². The normalized spacial score (nSPS) is 18.5. The largest absolute Gasteiger partial charge is 0.303 e. The molecule has 5 nitrogen and oxygen atoms in total. The number of hydrogen-bond donors (Lipinski definition) is 1. The Morgan fingerprint density at radius 2 is 1.69 bits per heavy atom. The van der Waals surface area contributed by atoms with Gasteiger partial charge in [-0.15, -0.1) is 5.10 Å². The van der Waals surface area contributed by atoms with E-state index in [9.17, 15) is 9.59 Å². The summed E-state index contributed by atoms with van der Waals surface area (Å²) in [7, 11) is 0. The van der Waals surface area contributed by atoms with Gasteiger partial charge in [-0.25, -0.2) is 0 Å². The molecule has 0 radical (unpaired) electrons. The maximum Gasteiger partial charge on any atom is 0.240 e. The van der Waals surface area contributed by atoms with Crippen LogP contribution in [0.5, 0.6) is 0 Å². The van der Waals surface area contributed by atoms with Crippen molar-refractivity contribution in [1.29, 1.82) is 0 Å². The lowest BCUT2D eigenvalue weighted by Gasteiger charge is -2.04. The summed E-state index contributed by atoms with van der Waals surface area (Å²) in [5.74, 6) is -0.377. The van der Waals surface area contributed by atoms with Gasteiger partial charge in [0.25, 0.3) is 0 Å². The molecular formula is C18H13Cl2N3O2S. The van der Waals surface area contributed by atoms with Crippen LogP contribution in [0.25, 0.3) is 0 Å². The average molecular weight is 406 g/mol. The molecule has 1 atom stereocenters. The maximum absolute atomic E-state index is 12.3. The minimum atomic E-state index is -0.525. The number of nitrogens with zero attached hydrogens (tertiary/aromatic N) is 2. The summed E-state index contributed by atoms with van der Waals surface area (Å²) in [6, 6.07) is 13.7. The molecule has 0 spiro atoms. The Morgan fingerprint density at radius 3 is 2.35 bits per heavy atom. The molecule has 1 aliphatic rings. The smallest absolute Gasteiger partial charge is 0.240 e. The molecular weight excluding hydrogens is 393 g/mol. The molecule has 1 unspecified atom stereocenters. The third-order valence-corrected chi connectivity index (χ3v) is 5.11. The fourth-order valence-corrected chi connectivity index (χ4v) is 3.38. The molecule has 1 saturated heterocycles. The first-order valence-electron chi connectivity index (χ1n) is 7.64. The second kappa shape index (κ2) is 8.49. The van der Waals surface area contributed by atoms with E-state index in [0.717, 1.165) is 5.56 Å². The Labute approximate surface area is 164 Å². The second-order valence-electron chi connectivity index (χ2n) is 5.43. The van der Waals surface area contributed by atoms with Gasteiger partial charge in [-0.3, -0.25) is 9.59 Å². The molecule has 3 rings (SSSR count). The van der Waals surface area contributed by atoms with Crippen LogP contribution in [-0.2, 0) is 4.79 Å². The number of amidine groups is 1. The molecule has 0 aromatic heterocycles. The van der Waals surface area contributed by atoms with Crippen LogP contribution in [0.3, 0.4) is 0 Å². The number of benzene rings is 2. The lowest BCUT2D eigenvalue weighted by molar-refractivity contribution is -0.118. The van der Waals surface area contributed by atoms with Crippen LogP contribution in [-0.4, -0.2) is 28.3 Å². The summed E-state index contributed by atoms with van der Waals surface area (Å²) < 4.78 is 0. The predicted octanol–water partition coefficient (Wildman–Crippen LogP) is 4.19. The third kappa shape index (κ3) is 4.94. The highest BCUT2D eigenvalue weighted by Crippen LogP contribution is 2.24. The van der Waals surface area contributed by atoms with Gasteiger partial charge in [0, 0.05) is 22.0 Å². The van der Waals surface area contributed by atoms with E-state index < -0.39 is 5.25 Å². The lowest BCUT2D eigenvalue weighted by Crippen LogP contribution is -2.26. The monoisotopic (exact) mass is 405 g/mol. The number of Topliss-reactive ketones (excluding diaryl/α,β-unsaturated/α-hetero) is 1. The van der Waals surface area contributed by atoms with Crippen LogP contribution in [0.15, 0.2) is 58.7 Å². The third-order valence-electron chi connectivity index (χ3n) is 3.54. The van der Waals surface area contributed by atoms with Crippen molar-refractivity contribution in [2.75, 3.05) is 0 Å². The van der Waals surface area contributed by atoms with E-state index in [1.165, 1.54) is 11.8 Å². The van der Waals surface area contributed by atoms with Crippen molar-refractivity contribution in [3.8, 4) is 0 Å². The number of carbonyl (C=O) groups excluding carboxylic acids is 2. The Morgan fingerprint density at radius 1 is 1.08 bits per heavy atom. The van der Waals surface area contributed by atoms with Crippen molar-refractivity contribution >= 4 is 58.0 Å². The van der Waals surface area contributed by atoms with Gasteiger partial charge in [0.2, 0.25) is 5.91 Å². The molecule has 1 N–H and O–H groups in total. The highest BCUT2D eigenvalue weighted by atomic mass is 35.5. The SMILES string of the molecule is O=C(CC1S/C(=N/N=C/c2ccc(Cl)cc2)NC1=O)c1ccc(Cl)cc1. The number of carbonyl (C=O) groups is 2. The van der Waals surface area contributed by atoms with Crippen LogP contribution < -0.4 is 5.32 Å². The zero-order valence-electron chi connectivity index (χ0n) is 13.4. The van der Waals surface area contributed by atoms with Crippen molar-refractivity contribution in [2.24, 2.45) is 10.2 Å². The van der Waals surface area contributed by atoms with Crippen molar-refractivity contribution in [3.63, 3.8) is 0 Å². The summed E-state index contributed by atoms with van der Waals surface area (Å²) in [6.45, 7) is 0. The highest BCUT2D eigenvalue weighted by Gasteiger charge is 2.32. The standard InChI is InChI=1S/C18H13Cl2N3O2S/c19-13-5-1-11(2-6-13)10-21-23-18-22-17(25)16(26-18)9-15(24)12-3-7-14(20)8-4-12/h1-8,10,16H,9H2,(H,22,23,25)/b21-10+. The number of thioether (sulfide) groups is 1. The van der Waals surface area contributed by atoms with Crippen molar-refractivity contribution in [2.45, 2.75) is 11.7 Å². The number of ketones is 1. The van der Waals surface area contributed by atoms with Gasteiger partial charge in [-0.1, -0.05) is 47.1 Å². The lowest BCUT2D eigenvalue weighted by atomic mass is 10.1. The molecule has 1 amide bonds. The molecule has 0 saturated carbocycles. The Balaban J connectivity index is 1.60. The van der Waals surface area contributed by atoms with E-state index in [-0.39, 0.29) is 18.1 Å². The molecule has 132 valence electrons. The molecule has 0 bridgehead atoms. The van der Waals surface area contributed by atoms with E-state index in [4.69, 9.17) is 23.2 Å². The second-order valence-corrected chi connectivity index (χ2v) is 7.50. The van der Waals surface area contributed by atoms with Gasteiger partial charge in [0.15, 0.2) is 11.0 Å². The fourth-order valence-electron chi connectivity index (χ4n) is 2.21. The minimum Gasteiger partial charge on any atom is -0.303 e. The summed E-state index contributed by atoms with van der Waals surface area (Å²) in [5, 5.41) is 11.6. The molecule has 0 aliphatic carbocycles. The number of amides is 1. The summed E-state index contributed by atoms with van der Waals surface area (Å²) in [4.78, 5) is 24.3. The first kappa shape index (κ1) is 18.6. The zero-order chi connectivity index (χ0) is 18.5. The number of nitrogens with one attached hydrogen (secondary N) is 1. The van der Waals surface area contributed by atoms with E-state index in [2.05, 4.69) is 15.5 Å². The number of rotatable bonds is 5. The van der Waals surface area contributed by atoms with Gasteiger partial charge >= 0.3 is 0 Å². The Kier molecular flexibility index (Phi) is 6.08. The number of hydrogen-bond acceptors (Lipinski definition) is 5. The summed E-state index contributed by atoms with van der Waals surface area (Å²) in [5.41, 5.74) is 1.36. The summed E-state index contributed by atoms with van der Waals surface area (Å²) in [6.07, 6.45) is 1.64. The van der Waals surface area contributed by atoms with E-state index >= 15 is 0 Å². The predicted molar refractivity (Wildman–Crippen MR) is 106 cm³/mol. The van der Waals surface area contributed by atoms with Gasteiger partial charge < -0.3 is 5.32 Å². The molecule has 2 aromatic rings. The van der Waals surface area contributed by atoms with Crippen LogP contribution in [0.2, 0.25) is 10.0 Å². The first-order chi connectivity index (χ1) is 12.5. The molecule has 2 aromatic carbocycles. The molecule has 8 heteroatoms. The van der Waals surface area contributed by atoms with Crippen molar-refractivity contribution in [3.05, 3.63) is 69.7 Å². The van der Waals surface area contributed by atoms with E-state index in [1.54, 1.807) is 54.7 Å².